The van der Waals surface area contributed by atoms with Crippen molar-refractivity contribution in [3.05, 3.63) is 29.8 Å². The molecular formula is C16H25NO4. The minimum atomic E-state index is -0.863. The molecule has 21 heavy (non-hydrogen) atoms. The Morgan fingerprint density at radius 2 is 1.86 bits per heavy atom. The summed E-state index contributed by atoms with van der Waals surface area (Å²) >= 11 is 0. The van der Waals surface area contributed by atoms with E-state index in [-0.39, 0.29) is 18.0 Å². The lowest BCUT2D eigenvalue weighted by Crippen LogP contribution is -2.46. The Morgan fingerprint density at radius 3 is 2.29 bits per heavy atom. The molecule has 2 atom stereocenters. The van der Waals surface area contributed by atoms with Gasteiger partial charge in [-0.3, -0.25) is 4.79 Å². The van der Waals surface area contributed by atoms with E-state index in [1.54, 1.807) is 31.4 Å². The monoisotopic (exact) mass is 295 g/mol. The van der Waals surface area contributed by atoms with Gasteiger partial charge in [0.15, 0.2) is 0 Å². The van der Waals surface area contributed by atoms with Crippen molar-refractivity contribution in [1.29, 1.82) is 0 Å². The Bertz CT molecular complexity index is 450. The minimum absolute atomic E-state index is 0.0148. The molecule has 0 fully saturated rings. The number of nitrogens with one attached hydrogen (secondary N) is 1. The molecule has 0 amide bonds. The summed E-state index contributed by atoms with van der Waals surface area (Å²) in [6, 6.07) is 6.83. The van der Waals surface area contributed by atoms with Crippen LogP contribution < -0.4 is 10.1 Å². The number of benzene rings is 1. The van der Waals surface area contributed by atoms with E-state index >= 15 is 0 Å². The number of hydrogen-bond donors (Lipinski definition) is 3. The number of methoxy groups -OCH3 is 1. The Kier molecular flexibility index (Phi) is 6.18. The first-order chi connectivity index (χ1) is 9.73. The van der Waals surface area contributed by atoms with Gasteiger partial charge in [0.2, 0.25) is 0 Å². The van der Waals surface area contributed by atoms with Gasteiger partial charge in [-0.05, 0) is 44.9 Å². The van der Waals surface area contributed by atoms with Crippen molar-refractivity contribution in [1.82, 2.24) is 5.32 Å². The first kappa shape index (κ1) is 17.5. The van der Waals surface area contributed by atoms with Crippen molar-refractivity contribution < 1.29 is 19.7 Å². The zero-order valence-corrected chi connectivity index (χ0v) is 13.1. The zero-order valence-electron chi connectivity index (χ0n) is 13.1. The quantitative estimate of drug-likeness (QED) is 0.719. The van der Waals surface area contributed by atoms with Crippen LogP contribution in [-0.2, 0) is 4.79 Å². The van der Waals surface area contributed by atoms with E-state index in [2.05, 4.69) is 5.32 Å². The Balaban J connectivity index is 2.85. The van der Waals surface area contributed by atoms with Crippen molar-refractivity contribution in [2.45, 2.75) is 51.3 Å². The highest BCUT2D eigenvalue weighted by atomic mass is 16.5. The fraction of sp³-hybridized carbons (Fsp3) is 0.562. The Labute approximate surface area is 125 Å². The van der Waals surface area contributed by atoms with Crippen LogP contribution in [0.5, 0.6) is 5.75 Å². The van der Waals surface area contributed by atoms with Gasteiger partial charge >= 0.3 is 5.97 Å². The third-order valence-corrected chi connectivity index (χ3v) is 3.13. The van der Waals surface area contributed by atoms with Gasteiger partial charge in [0, 0.05) is 18.0 Å². The van der Waals surface area contributed by atoms with E-state index in [1.807, 2.05) is 20.8 Å². The summed E-state index contributed by atoms with van der Waals surface area (Å²) in [6.45, 7) is 5.96. The maximum Gasteiger partial charge on any atom is 0.303 e. The number of carboxylic acids is 1. The minimum Gasteiger partial charge on any atom is -0.497 e. The van der Waals surface area contributed by atoms with E-state index in [0.29, 0.717) is 6.42 Å². The zero-order chi connectivity index (χ0) is 16.0. The summed E-state index contributed by atoms with van der Waals surface area (Å²) in [7, 11) is 1.59. The highest BCUT2D eigenvalue weighted by molar-refractivity contribution is 5.66. The number of aliphatic hydroxyl groups excluding tert-OH is 1. The number of aliphatic carboxylic acids is 1. The third-order valence-electron chi connectivity index (χ3n) is 3.13. The van der Waals surface area contributed by atoms with Crippen molar-refractivity contribution in [2.75, 3.05) is 7.11 Å². The first-order valence-corrected chi connectivity index (χ1v) is 7.04. The van der Waals surface area contributed by atoms with Crippen molar-refractivity contribution in [3.63, 3.8) is 0 Å². The van der Waals surface area contributed by atoms with Crippen molar-refractivity contribution in [2.24, 2.45) is 0 Å². The molecule has 1 aromatic carbocycles. The second-order valence-electron chi connectivity index (χ2n) is 6.15. The average molecular weight is 295 g/mol. The first-order valence-electron chi connectivity index (χ1n) is 7.04. The molecule has 0 spiro atoms. The molecule has 0 aliphatic carbocycles. The molecule has 0 radical (unpaired) electrons. The molecule has 0 saturated heterocycles. The summed E-state index contributed by atoms with van der Waals surface area (Å²) < 4.78 is 5.09. The fourth-order valence-electron chi connectivity index (χ4n) is 2.18. The van der Waals surface area contributed by atoms with Crippen LogP contribution in [0.4, 0.5) is 0 Å². The summed E-state index contributed by atoms with van der Waals surface area (Å²) in [4.78, 5) is 10.8. The second-order valence-corrected chi connectivity index (χ2v) is 6.15. The molecule has 0 heterocycles. The van der Waals surface area contributed by atoms with Crippen LogP contribution in [0, 0.1) is 0 Å². The number of hydrogen-bond acceptors (Lipinski definition) is 4. The van der Waals surface area contributed by atoms with Crippen LogP contribution in [-0.4, -0.2) is 34.9 Å². The van der Waals surface area contributed by atoms with E-state index in [4.69, 9.17) is 9.84 Å². The van der Waals surface area contributed by atoms with Crippen LogP contribution in [0.1, 0.15) is 45.3 Å². The van der Waals surface area contributed by atoms with E-state index in [1.165, 1.54) is 0 Å². The van der Waals surface area contributed by atoms with Gasteiger partial charge in [0.25, 0.3) is 0 Å². The molecule has 118 valence electrons. The normalized spacial score (nSPS) is 14.5. The van der Waals surface area contributed by atoms with Crippen LogP contribution in [0.25, 0.3) is 0 Å². The topological polar surface area (TPSA) is 78.8 Å². The SMILES string of the molecule is COc1ccc(C(O)C(CCC(=O)O)NC(C)(C)C)cc1. The number of rotatable bonds is 7. The maximum absolute atomic E-state index is 10.8. The van der Waals surface area contributed by atoms with Gasteiger partial charge in [-0.2, -0.15) is 0 Å². The van der Waals surface area contributed by atoms with Gasteiger partial charge in [-0.1, -0.05) is 12.1 Å². The molecule has 0 aliphatic rings. The fourth-order valence-corrected chi connectivity index (χ4v) is 2.18. The highest BCUT2D eigenvalue weighted by Crippen LogP contribution is 2.24. The molecule has 5 nitrogen and oxygen atoms in total. The van der Waals surface area contributed by atoms with Crippen LogP contribution >= 0.6 is 0 Å². The molecule has 5 heteroatoms. The third kappa shape index (κ3) is 6.14. The Hall–Kier alpha value is -1.59. The average Bonchev–Trinajstić information content (AvgIpc) is 2.41. The van der Waals surface area contributed by atoms with Crippen LogP contribution in [0.2, 0.25) is 0 Å². The molecular weight excluding hydrogens is 270 g/mol. The standard InChI is InChI=1S/C16H25NO4/c1-16(2,3)17-13(9-10-14(18)19)15(20)11-5-7-12(21-4)8-6-11/h5-8,13,15,17,20H,9-10H2,1-4H3,(H,18,19). The lowest BCUT2D eigenvalue weighted by atomic mass is 9.95. The predicted molar refractivity (Wildman–Crippen MR) is 81.5 cm³/mol. The number of ether oxygens (including phenoxy) is 1. The van der Waals surface area contributed by atoms with E-state index in [0.717, 1.165) is 11.3 Å². The van der Waals surface area contributed by atoms with Gasteiger partial charge in [-0.15, -0.1) is 0 Å². The van der Waals surface area contributed by atoms with E-state index in [9.17, 15) is 9.90 Å². The van der Waals surface area contributed by atoms with Gasteiger partial charge in [0.05, 0.1) is 13.2 Å². The molecule has 1 aromatic rings. The predicted octanol–water partition coefficient (Wildman–Crippen LogP) is 2.35. The summed E-state index contributed by atoms with van der Waals surface area (Å²) in [6.07, 6.45) is -0.393. The molecule has 0 saturated carbocycles. The van der Waals surface area contributed by atoms with Crippen LogP contribution in [0.3, 0.4) is 0 Å². The largest absolute Gasteiger partial charge is 0.497 e. The van der Waals surface area contributed by atoms with E-state index < -0.39 is 12.1 Å². The number of carbonyl (C=O) groups is 1. The highest BCUT2D eigenvalue weighted by Gasteiger charge is 2.25. The van der Waals surface area contributed by atoms with Crippen molar-refractivity contribution >= 4 is 5.97 Å². The number of carboxylic acid groups (broad SMARTS) is 1. The smallest absolute Gasteiger partial charge is 0.303 e. The second kappa shape index (κ2) is 7.43. The number of aliphatic hydroxyl groups is 1. The molecule has 1 rings (SSSR count). The van der Waals surface area contributed by atoms with Crippen LogP contribution in [0.15, 0.2) is 24.3 Å². The maximum atomic E-state index is 10.8. The van der Waals surface area contributed by atoms with Gasteiger partial charge in [0.1, 0.15) is 5.75 Å². The lowest BCUT2D eigenvalue weighted by Gasteiger charge is -2.32. The van der Waals surface area contributed by atoms with Crippen molar-refractivity contribution in [3.8, 4) is 5.75 Å². The summed E-state index contributed by atoms with van der Waals surface area (Å²) in [5.41, 5.74) is 0.527. The molecule has 2 unspecified atom stereocenters. The molecule has 0 aliphatic heterocycles. The summed E-state index contributed by atoms with van der Waals surface area (Å²) in [5.74, 6) is -0.144. The Morgan fingerprint density at radius 1 is 1.29 bits per heavy atom. The van der Waals surface area contributed by atoms with Gasteiger partial charge in [-0.25, -0.2) is 0 Å². The molecule has 3 N–H and O–H groups in total. The molecule has 0 bridgehead atoms. The summed E-state index contributed by atoms with van der Waals surface area (Å²) in [5, 5.41) is 22.7. The molecule has 0 aromatic heterocycles. The van der Waals surface area contributed by atoms with Gasteiger partial charge < -0.3 is 20.3 Å². The lowest BCUT2D eigenvalue weighted by molar-refractivity contribution is -0.137.